The molecule has 5 rings (SSSR count). The summed E-state index contributed by atoms with van der Waals surface area (Å²) in [7, 11) is -3.80. The Labute approximate surface area is 185 Å². The van der Waals surface area contributed by atoms with Gasteiger partial charge in [0.2, 0.25) is 15.9 Å². The van der Waals surface area contributed by atoms with Crippen LogP contribution in [0.5, 0.6) is 5.88 Å². The molecule has 0 spiro atoms. The molecule has 0 unspecified atom stereocenters. The van der Waals surface area contributed by atoms with Crippen molar-refractivity contribution in [2.24, 2.45) is 15.1 Å². The number of hydrogen-bond donors (Lipinski definition) is 2. The number of aromatic hydroxyl groups is 1. The summed E-state index contributed by atoms with van der Waals surface area (Å²) >= 11 is 7.28. The Hall–Kier alpha value is -2.79. The van der Waals surface area contributed by atoms with E-state index in [0.717, 1.165) is 12.8 Å². The molecular weight excluding hydrogens is 460 g/mol. The molecule has 158 valence electrons. The maximum Gasteiger partial charge on any atom is 0.279 e. The summed E-state index contributed by atoms with van der Waals surface area (Å²) in [5.41, 5.74) is 0.783. The fourth-order valence-electron chi connectivity index (χ4n) is 3.41. The molecule has 2 aliphatic rings. The highest BCUT2D eigenvalue weighted by Gasteiger charge is 2.32. The van der Waals surface area contributed by atoms with E-state index in [2.05, 4.69) is 9.98 Å². The monoisotopic (exact) mass is 474 g/mol. The van der Waals surface area contributed by atoms with Crippen LogP contribution >= 0.6 is 22.9 Å². The summed E-state index contributed by atoms with van der Waals surface area (Å²) in [6.07, 6.45) is 1.77. The van der Waals surface area contributed by atoms with Gasteiger partial charge < -0.3 is 5.11 Å². The predicted octanol–water partition coefficient (Wildman–Crippen LogP) is 1.48. The van der Waals surface area contributed by atoms with E-state index in [4.69, 9.17) is 16.7 Å². The highest BCUT2D eigenvalue weighted by atomic mass is 35.5. The second kappa shape index (κ2) is 7.13. The van der Waals surface area contributed by atoms with E-state index in [1.165, 1.54) is 35.6 Å². The van der Waals surface area contributed by atoms with Crippen molar-refractivity contribution >= 4 is 50.1 Å². The number of nitrogens with two attached hydrogens (primary N) is 1. The quantitative estimate of drug-likeness (QED) is 0.593. The lowest BCUT2D eigenvalue weighted by molar-refractivity contribution is -0.112. The zero-order valence-corrected chi connectivity index (χ0v) is 18.2. The van der Waals surface area contributed by atoms with Crippen molar-refractivity contribution in [3.8, 4) is 5.88 Å². The first-order valence-electron chi connectivity index (χ1n) is 9.27. The summed E-state index contributed by atoms with van der Waals surface area (Å²) in [5.74, 6) is -0.486. The Kier molecular flexibility index (Phi) is 4.63. The highest BCUT2D eigenvalue weighted by molar-refractivity contribution is 7.89. The van der Waals surface area contributed by atoms with Crippen LogP contribution in [0.25, 0.3) is 5.57 Å². The molecule has 2 aromatic carbocycles. The Morgan fingerprint density at radius 2 is 1.90 bits per heavy atom. The number of carbonyl (C=O) groups excluding carboxylic acids is 1. The van der Waals surface area contributed by atoms with E-state index in [1.54, 1.807) is 22.8 Å². The van der Waals surface area contributed by atoms with Gasteiger partial charge in [-0.2, -0.15) is 0 Å². The Morgan fingerprint density at radius 1 is 1.19 bits per heavy atom. The number of sulfonamides is 1. The second-order valence-corrected chi connectivity index (χ2v) is 10.2. The predicted molar refractivity (Wildman–Crippen MR) is 115 cm³/mol. The average molecular weight is 475 g/mol. The molecule has 11 heteroatoms. The molecule has 0 saturated heterocycles. The molecule has 3 aromatic rings. The summed E-state index contributed by atoms with van der Waals surface area (Å²) in [5, 5.41) is 17.7. The number of carbonyl (C=O) groups is 1. The number of thiazole rings is 1. The van der Waals surface area contributed by atoms with Crippen molar-refractivity contribution in [3.05, 3.63) is 67.7 Å². The van der Waals surface area contributed by atoms with Crippen molar-refractivity contribution in [1.29, 1.82) is 0 Å². The molecule has 1 aliphatic heterocycles. The van der Waals surface area contributed by atoms with E-state index >= 15 is 0 Å². The first-order chi connectivity index (χ1) is 14.7. The van der Waals surface area contributed by atoms with Gasteiger partial charge in [0, 0.05) is 16.3 Å². The molecule has 0 atom stereocenters. The van der Waals surface area contributed by atoms with Gasteiger partial charge in [-0.05, 0) is 55.3 Å². The average Bonchev–Trinajstić information content (AvgIpc) is 3.42. The number of hydrogen-bond acceptors (Lipinski definition) is 6. The van der Waals surface area contributed by atoms with Crippen LogP contribution in [0.3, 0.4) is 0 Å². The Bertz CT molecular complexity index is 1550. The lowest BCUT2D eigenvalue weighted by Gasteiger charge is -2.03. The van der Waals surface area contributed by atoms with E-state index in [9.17, 15) is 18.3 Å². The fourth-order valence-corrected chi connectivity index (χ4v) is 5.26. The number of nitrogens with zero attached hydrogens (tertiary/aromatic N) is 3. The molecule has 2 heterocycles. The van der Waals surface area contributed by atoms with Gasteiger partial charge in [0.25, 0.3) is 5.91 Å². The number of halogens is 1. The smallest absolute Gasteiger partial charge is 0.279 e. The number of benzene rings is 2. The Balaban J connectivity index is 1.71. The number of fused-ring (bicyclic) bond motifs is 1. The van der Waals surface area contributed by atoms with E-state index in [-0.39, 0.29) is 16.8 Å². The molecule has 8 nitrogen and oxygen atoms in total. The van der Waals surface area contributed by atoms with Crippen molar-refractivity contribution < 1.29 is 18.3 Å². The van der Waals surface area contributed by atoms with Crippen molar-refractivity contribution in [3.63, 3.8) is 0 Å². The number of primary sulfonamides is 1. The molecular formula is C20H15ClN4O4S2. The van der Waals surface area contributed by atoms with Gasteiger partial charge >= 0.3 is 0 Å². The number of amides is 1. The van der Waals surface area contributed by atoms with Crippen LogP contribution in [0.4, 0.5) is 5.69 Å². The van der Waals surface area contributed by atoms with Gasteiger partial charge in [-0.3, -0.25) is 9.36 Å². The lowest BCUT2D eigenvalue weighted by Crippen LogP contribution is -2.22. The molecule has 1 fully saturated rings. The lowest BCUT2D eigenvalue weighted by atomic mass is 10.1. The molecule has 0 radical (unpaired) electrons. The standard InChI is InChI=1S/C20H15ClN4O4S2/c21-10-1-8-15-14(9-10)16(18(26)24-15)17-19(27)25(12-4-5-12)20(30-17)23-11-2-6-13(7-3-11)31(22,28)29/h1-3,6-9,12,27H,4-5H2,(H2,22,28,29). The molecule has 31 heavy (non-hydrogen) atoms. The van der Waals surface area contributed by atoms with Gasteiger partial charge in [0.05, 0.1) is 21.5 Å². The van der Waals surface area contributed by atoms with Crippen LogP contribution in [-0.4, -0.2) is 24.0 Å². The maximum absolute atomic E-state index is 12.6. The minimum atomic E-state index is -3.80. The van der Waals surface area contributed by atoms with Gasteiger partial charge in [-0.15, -0.1) is 0 Å². The zero-order chi connectivity index (χ0) is 21.9. The number of rotatable bonds is 4. The van der Waals surface area contributed by atoms with Crippen LogP contribution < -0.4 is 20.5 Å². The second-order valence-electron chi connectivity index (χ2n) is 7.24. The number of aromatic nitrogens is 1. The molecule has 3 N–H and O–H groups in total. The van der Waals surface area contributed by atoms with E-state index in [0.29, 0.717) is 36.5 Å². The van der Waals surface area contributed by atoms with Gasteiger partial charge in [0.15, 0.2) is 4.80 Å². The zero-order valence-electron chi connectivity index (χ0n) is 15.8. The SMILES string of the molecule is NS(=O)(=O)c1ccc(N=c2sc(C3=c4cc(Cl)ccc4=NC3=O)c(O)n2C2CC2)cc1. The third-order valence-corrected chi connectivity index (χ3v) is 7.25. The minimum absolute atomic E-state index is 0.0153. The normalized spacial score (nSPS) is 16.5. The van der Waals surface area contributed by atoms with Gasteiger partial charge in [0.1, 0.15) is 4.88 Å². The van der Waals surface area contributed by atoms with Crippen LogP contribution in [-0.2, 0) is 14.8 Å². The van der Waals surface area contributed by atoms with E-state index in [1.807, 2.05) is 0 Å². The first kappa shape index (κ1) is 20.1. The minimum Gasteiger partial charge on any atom is -0.493 e. The van der Waals surface area contributed by atoms with Crippen LogP contribution in [0.2, 0.25) is 5.02 Å². The maximum atomic E-state index is 12.6. The van der Waals surface area contributed by atoms with Crippen molar-refractivity contribution in [2.45, 2.75) is 23.8 Å². The van der Waals surface area contributed by atoms with E-state index < -0.39 is 15.9 Å². The summed E-state index contributed by atoms with van der Waals surface area (Å²) < 4.78 is 24.6. The van der Waals surface area contributed by atoms with Crippen molar-refractivity contribution in [2.75, 3.05) is 0 Å². The molecule has 1 aliphatic carbocycles. The largest absolute Gasteiger partial charge is 0.493 e. The van der Waals surface area contributed by atoms with Gasteiger partial charge in [-0.25, -0.2) is 23.5 Å². The third kappa shape index (κ3) is 3.61. The molecule has 1 amide bonds. The van der Waals surface area contributed by atoms with Crippen LogP contribution in [0.1, 0.15) is 23.8 Å². The van der Waals surface area contributed by atoms with Gasteiger partial charge in [-0.1, -0.05) is 22.9 Å². The third-order valence-electron chi connectivity index (χ3n) is 5.02. The molecule has 1 aromatic heterocycles. The van der Waals surface area contributed by atoms with Crippen molar-refractivity contribution in [1.82, 2.24) is 4.57 Å². The van der Waals surface area contributed by atoms with Crippen LogP contribution in [0, 0.1) is 0 Å². The molecule has 0 bridgehead atoms. The summed E-state index contributed by atoms with van der Waals surface area (Å²) in [6.45, 7) is 0. The fraction of sp³-hybridized carbons (Fsp3) is 0.150. The summed E-state index contributed by atoms with van der Waals surface area (Å²) in [6, 6.07) is 10.9. The first-order valence-corrected chi connectivity index (χ1v) is 12.0. The summed E-state index contributed by atoms with van der Waals surface area (Å²) in [4.78, 5) is 22.1. The Morgan fingerprint density at radius 3 is 2.55 bits per heavy atom. The molecule has 1 saturated carbocycles. The van der Waals surface area contributed by atoms with Crippen LogP contribution in [0.15, 0.2) is 57.3 Å². The highest BCUT2D eigenvalue weighted by Crippen LogP contribution is 2.40. The topological polar surface area (TPSA) is 127 Å².